The number of aliphatic hydroxyl groups excluding tert-OH is 1. The van der Waals surface area contributed by atoms with E-state index in [4.69, 9.17) is 4.74 Å². The van der Waals surface area contributed by atoms with Crippen molar-refractivity contribution in [1.29, 1.82) is 0 Å². The predicted octanol–water partition coefficient (Wildman–Crippen LogP) is 2.38. The van der Waals surface area contributed by atoms with Gasteiger partial charge < -0.3 is 20.1 Å². The van der Waals surface area contributed by atoms with Gasteiger partial charge in [0.15, 0.2) is 0 Å². The van der Waals surface area contributed by atoms with Gasteiger partial charge in [-0.15, -0.1) is 0 Å². The van der Waals surface area contributed by atoms with Gasteiger partial charge >= 0.3 is 6.09 Å². The molecule has 2 aliphatic rings. The van der Waals surface area contributed by atoms with Crippen molar-refractivity contribution < 1.29 is 14.6 Å². The minimum absolute atomic E-state index is 0.0313. The lowest BCUT2D eigenvalue weighted by Crippen LogP contribution is -2.62. The smallest absolute Gasteiger partial charge is 0.410 e. The lowest BCUT2D eigenvalue weighted by atomic mass is 9.64. The highest BCUT2D eigenvalue weighted by molar-refractivity contribution is 5.69. The Morgan fingerprint density at radius 1 is 1.41 bits per heavy atom. The van der Waals surface area contributed by atoms with Gasteiger partial charge in [0, 0.05) is 30.6 Å². The molecule has 3 unspecified atom stereocenters. The highest BCUT2D eigenvalue weighted by Crippen LogP contribution is 2.40. The number of carbonyl (C=O) groups is 1. The molecule has 1 amide bonds. The number of nitrogens with one attached hydrogen (secondary N) is 1. The second-order valence-corrected chi connectivity index (χ2v) is 8.68. The normalized spacial score (nSPS) is 29.5. The number of aliphatic hydroxyl groups is 1. The van der Waals surface area contributed by atoms with Crippen LogP contribution in [0.25, 0.3) is 0 Å². The van der Waals surface area contributed by atoms with Gasteiger partial charge in [0.1, 0.15) is 5.60 Å². The number of hydrogen-bond acceptors (Lipinski definition) is 4. The van der Waals surface area contributed by atoms with Crippen LogP contribution < -0.4 is 5.32 Å². The van der Waals surface area contributed by atoms with Gasteiger partial charge in [-0.25, -0.2) is 4.79 Å². The van der Waals surface area contributed by atoms with Crippen LogP contribution in [0.5, 0.6) is 0 Å². The summed E-state index contributed by atoms with van der Waals surface area (Å²) in [5.41, 5.74) is -0.454. The summed E-state index contributed by atoms with van der Waals surface area (Å²) < 4.78 is 5.37. The van der Waals surface area contributed by atoms with Crippen LogP contribution in [0.4, 0.5) is 4.79 Å². The van der Waals surface area contributed by atoms with Crippen LogP contribution in [-0.2, 0) is 4.74 Å². The summed E-state index contributed by atoms with van der Waals surface area (Å²) in [7, 11) is 0. The number of nitrogens with zero attached hydrogens (tertiary/aromatic N) is 1. The van der Waals surface area contributed by atoms with Crippen molar-refractivity contribution >= 4 is 6.09 Å². The fourth-order valence-corrected chi connectivity index (χ4v) is 3.29. The Balaban J connectivity index is 1.66. The molecule has 1 heterocycles. The lowest BCUT2D eigenvalue weighted by molar-refractivity contribution is -0.0768. The highest BCUT2D eigenvalue weighted by Gasteiger charge is 2.47. The molecule has 0 radical (unpaired) electrons. The van der Waals surface area contributed by atoms with Crippen molar-refractivity contribution in [3.63, 3.8) is 0 Å². The van der Waals surface area contributed by atoms with Gasteiger partial charge in [0.05, 0.1) is 6.10 Å². The maximum atomic E-state index is 11.9. The van der Waals surface area contributed by atoms with Gasteiger partial charge in [0.2, 0.25) is 0 Å². The average molecular weight is 312 g/mol. The van der Waals surface area contributed by atoms with Crippen LogP contribution in [0.15, 0.2) is 0 Å². The predicted molar refractivity (Wildman–Crippen MR) is 86.7 cm³/mol. The molecule has 22 heavy (non-hydrogen) atoms. The van der Waals surface area contributed by atoms with Crippen molar-refractivity contribution in [3.8, 4) is 0 Å². The second kappa shape index (κ2) is 6.00. The van der Waals surface area contributed by atoms with Crippen LogP contribution in [0.1, 0.15) is 54.4 Å². The molecule has 0 bridgehead atoms. The van der Waals surface area contributed by atoms with Crippen molar-refractivity contribution in [2.24, 2.45) is 11.3 Å². The minimum Gasteiger partial charge on any atom is -0.444 e. The molecular formula is C17H32N2O3. The molecule has 1 aliphatic heterocycles. The molecule has 0 aromatic rings. The highest BCUT2D eigenvalue weighted by atomic mass is 16.6. The van der Waals surface area contributed by atoms with Crippen LogP contribution in [0.2, 0.25) is 0 Å². The molecule has 0 spiro atoms. The molecule has 2 rings (SSSR count). The average Bonchev–Trinajstić information content (AvgIpc) is 2.30. The van der Waals surface area contributed by atoms with E-state index in [1.165, 1.54) is 0 Å². The Hall–Kier alpha value is -0.810. The number of ether oxygens (including phenoxy) is 1. The van der Waals surface area contributed by atoms with Crippen molar-refractivity contribution in [3.05, 3.63) is 0 Å². The topological polar surface area (TPSA) is 61.8 Å². The first-order valence-corrected chi connectivity index (χ1v) is 8.41. The third-order valence-electron chi connectivity index (χ3n) is 5.00. The number of rotatable bonds is 4. The van der Waals surface area contributed by atoms with Gasteiger partial charge in [0.25, 0.3) is 0 Å². The van der Waals surface area contributed by atoms with Crippen LogP contribution in [0, 0.1) is 11.3 Å². The van der Waals surface area contributed by atoms with Crippen LogP contribution in [0.3, 0.4) is 0 Å². The van der Waals surface area contributed by atoms with Crippen LogP contribution in [-0.4, -0.2) is 53.0 Å². The zero-order chi connectivity index (χ0) is 16.7. The third kappa shape index (κ3) is 3.93. The SMILES string of the molecule is CC(CC1CN(C(=O)OC(C)(C)C)C1)NC1CC(O)C1(C)C. The summed E-state index contributed by atoms with van der Waals surface area (Å²) in [5, 5.41) is 13.4. The Kier molecular flexibility index (Phi) is 4.79. The Morgan fingerprint density at radius 2 is 2.00 bits per heavy atom. The maximum absolute atomic E-state index is 11.9. The van der Waals surface area contributed by atoms with E-state index in [1.54, 1.807) is 4.90 Å². The number of likely N-dealkylation sites (tertiary alicyclic amines) is 1. The monoisotopic (exact) mass is 312 g/mol. The summed E-state index contributed by atoms with van der Waals surface area (Å²) in [6, 6.07) is 0.794. The second-order valence-electron chi connectivity index (χ2n) is 8.68. The molecule has 2 N–H and O–H groups in total. The molecule has 3 atom stereocenters. The van der Waals surface area contributed by atoms with E-state index in [9.17, 15) is 9.90 Å². The fourth-order valence-electron chi connectivity index (χ4n) is 3.29. The van der Waals surface area contributed by atoms with E-state index in [0.29, 0.717) is 18.0 Å². The first kappa shape index (κ1) is 17.5. The molecule has 1 aliphatic carbocycles. The molecule has 2 fully saturated rings. The standard InChI is InChI=1S/C17H32N2O3/c1-11(18-13-8-14(20)17(13,5)6)7-12-9-19(10-12)15(21)22-16(2,3)4/h11-14,18,20H,7-10H2,1-6H3. The first-order valence-electron chi connectivity index (χ1n) is 8.41. The van der Waals surface area contributed by atoms with Crippen molar-refractivity contribution in [2.75, 3.05) is 13.1 Å². The quantitative estimate of drug-likeness (QED) is 0.837. The largest absolute Gasteiger partial charge is 0.444 e. The lowest BCUT2D eigenvalue weighted by Gasteiger charge is -2.51. The molecule has 1 saturated carbocycles. The van der Waals surface area contributed by atoms with E-state index in [0.717, 1.165) is 25.9 Å². The summed E-state index contributed by atoms with van der Waals surface area (Å²) in [4.78, 5) is 13.7. The molecule has 128 valence electrons. The Bertz CT molecular complexity index is 411. The zero-order valence-electron chi connectivity index (χ0n) is 14.8. The number of hydrogen-bond donors (Lipinski definition) is 2. The fraction of sp³-hybridized carbons (Fsp3) is 0.941. The van der Waals surface area contributed by atoms with Crippen molar-refractivity contribution in [1.82, 2.24) is 10.2 Å². The molecular weight excluding hydrogens is 280 g/mol. The van der Waals surface area contributed by atoms with Gasteiger partial charge in [-0.1, -0.05) is 13.8 Å². The first-order chi connectivity index (χ1) is 9.99. The van der Waals surface area contributed by atoms with Crippen molar-refractivity contribution in [2.45, 2.75) is 78.2 Å². The Labute approximate surface area is 134 Å². The van der Waals surface area contributed by atoms with Gasteiger partial charge in [-0.3, -0.25) is 0 Å². The van der Waals surface area contributed by atoms with Gasteiger partial charge in [-0.05, 0) is 46.5 Å². The zero-order valence-corrected chi connectivity index (χ0v) is 14.8. The number of carbonyl (C=O) groups excluding carboxylic acids is 1. The third-order valence-corrected chi connectivity index (χ3v) is 5.00. The molecule has 5 heteroatoms. The van der Waals surface area contributed by atoms with E-state index >= 15 is 0 Å². The maximum Gasteiger partial charge on any atom is 0.410 e. The summed E-state index contributed by atoms with van der Waals surface area (Å²) in [6.45, 7) is 13.7. The van der Waals surface area contributed by atoms with E-state index in [-0.39, 0.29) is 17.6 Å². The summed E-state index contributed by atoms with van der Waals surface area (Å²) in [5.74, 6) is 0.545. The molecule has 5 nitrogen and oxygen atoms in total. The Morgan fingerprint density at radius 3 is 2.45 bits per heavy atom. The minimum atomic E-state index is -0.423. The van der Waals surface area contributed by atoms with E-state index < -0.39 is 5.60 Å². The summed E-state index contributed by atoms with van der Waals surface area (Å²) >= 11 is 0. The van der Waals surface area contributed by atoms with Crippen LogP contribution >= 0.6 is 0 Å². The summed E-state index contributed by atoms with van der Waals surface area (Å²) in [6.07, 6.45) is 1.50. The van der Waals surface area contributed by atoms with E-state index in [1.807, 2.05) is 20.8 Å². The molecule has 0 aromatic carbocycles. The molecule has 1 saturated heterocycles. The van der Waals surface area contributed by atoms with E-state index in [2.05, 4.69) is 26.1 Å². The molecule has 0 aromatic heterocycles. The number of amides is 1. The van der Waals surface area contributed by atoms with Gasteiger partial charge in [-0.2, -0.15) is 0 Å².